The van der Waals surface area contributed by atoms with Gasteiger partial charge in [-0.1, -0.05) is 6.07 Å². The Labute approximate surface area is 128 Å². The Morgan fingerprint density at radius 1 is 1.18 bits per heavy atom. The van der Waals surface area contributed by atoms with Gasteiger partial charge < -0.3 is 15.4 Å². The molecule has 0 saturated carbocycles. The summed E-state index contributed by atoms with van der Waals surface area (Å²) >= 11 is 0. The number of nitrogens with two attached hydrogens (primary N) is 1. The Morgan fingerprint density at radius 2 is 2.00 bits per heavy atom. The van der Waals surface area contributed by atoms with E-state index in [1.54, 1.807) is 12.3 Å². The minimum absolute atomic E-state index is 0.0137. The molecule has 0 unspecified atom stereocenters. The van der Waals surface area contributed by atoms with E-state index in [1.807, 2.05) is 12.1 Å². The van der Waals surface area contributed by atoms with E-state index in [1.165, 1.54) is 12.1 Å². The van der Waals surface area contributed by atoms with Gasteiger partial charge in [0.05, 0.1) is 6.61 Å². The molecule has 3 heterocycles. The maximum absolute atomic E-state index is 13.3. The second kappa shape index (κ2) is 4.87. The van der Waals surface area contributed by atoms with E-state index in [2.05, 4.69) is 9.88 Å². The van der Waals surface area contributed by atoms with Gasteiger partial charge in [0.1, 0.15) is 17.4 Å². The van der Waals surface area contributed by atoms with Crippen molar-refractivity contribution in [3.63, 3.8) is 0 Å². The third-order valence-corrected chi connectivity index (χ3v) is 4.83. The zero-order chi connectivity index (χ0) is 15.2. The quantitative estimate of drug-likeness (QED) is 0.879. The second-order valence-corrected chi connectivity index (χ2v) is 6.14. The number of fused-ring (bicyclic) bond motifs is 2. The summed E-state index contributed by atoms with van der Waals surface area (Å²) in [5.74, 6) is 1.39. The first-order valence-corrected chi connectivity index (χ1v) is 7.56. The van der Waals surface area contributed by atoms with Gasteiger partial charge in [0.2, 0.25) is 0 Å². The summed E-state index contributed by atoms with van der Waals surface area (Å²) in [5.41, 5.74) is 7.73. The van der Waals surface area contributed by atoms with Gasteiger partial charge in [0.25, 0.3) is 0 Å². The van der Waals surface area contributed by atoms with Crippen molar-refractivity contribution in [2.75, 3.05) is 30.3 Å². The molecule has 0 atom stereocenters. The molecular weight excluding hydrogens is 281 g/mol. The smallest absolute Gasteiger partial charge is 0.130 e. The number of aromatic nitrogens is 1. The molecule has 114 valence electrons. The summed E-state index contributed by atoms with van der Waals surface area (Å²) in [6.07, 6.45) is 3.69. The molecule has 4 rings (SSSR count). The Kier molecular flexibility index (Phi) is 2.96. The lowest BCUT2D eigenvalue weighted by molar-refractivity contribution is 0.230. The first-order chi connectivity index (χ1) is 10.7. The fraction of sp³-hybridized carbons (Fsp3) is 0.353. The van der Waals surface area contributed by atoms with Crippen LogP contribution < -0.4 is 15.4 Å². The number of pyridine rings is 1. The normalized spacial score (nSPS) is 19.0. The van der Waals surface area contributed by atoms with Gasteiger partial charge in [-0.25, -0.2) is 9.37 Å². The molecule has 1 fully saturated rings. The van der Waals surface area contributed by atoms with E-state index < -0.39 is 0 Å². The van der Waals surface area contributed by atoms with Crippen LogP contribution in [0.5, 0.6) is 5.75 Å². The summed E-state index contributed by atoms with van der Waals surface area (Å²) in [7, 11) is 0. The minimum atomic E-state index is -0.239. The van der Waals surface area contributed by atoms with Crippen molar-refractivity contribution >= 4 is 11.5 Å². The highest BCUT2D eigenvalue weighted by molar-refractivity contribution is 5.52. The van der Waals surface area contributed by atoms with Crippen molar-refractivity contribution in [2.45, 2.75) is 18.3 Å². The van der Waals surface area contributed by atoms with E-state index >= 15 is 0 Å². The molecule has 0 aliphatic carbocycles. The molecule has 5 heteroatoms. The molecule has 2 aromatic rings. The highest BCUT2D eigenvalue weighted by atomic mass is 19.1. The average molecular weight is 299 g/mol. The van der Waals surface area contributed by atoms with Gasteiger partial charge in [-0.3, -0.25) is 0 Å². The summed E-state index contributed by atoms with van der Waals surface area (Å²) in [5, 5.41) is 0. The number of hydrogen-bond donors (Lipinski definition) is 1. The maximum Gasteiger partial charge on any atom is 0.130 e. The number of nitrogen functional groups attached to an aromatic ring is 1. The molecule has 2 N–H and O–H groups in total. The van der Waals surface area contributed by atoms with Gasteiger partial charge >= 0.3 is 0 Å². The number of benzene rings is 1. The fourth-order valence-electron chi connectivity index (χ4n) is 3.53. The zero-order valence-electron chi connectivity index (χ0n) is 12.3. The minimum Gasteiger partial charge on any atom is -0.492 e. The van der Waals surface area contributed by atoms with Crippen molar-refractivity contribution in [3.8, 4) is 5.75 Å². The maximum atomic E-state index is 13.3. The van der Waals surface area contributed by atoms with Crippen molar-refractivity contribution < 1.29 is 9.13 Å². The molecule has 1 aromatic carbocycles. The monoisotopic (exact) mass is 299 g/mol. The molecule has 1 saturated heterocycles. The van der Waals surface area contributed by atoms with Crippen molar-refractivity contribution in [1.29, 1.82) is 0 Å². The highest BCUT2D eigenvalue weighted by Crippen LogP contribution is 2.46. The summed E-state index contributed by atoms with van der Waals surface area (Å²) < 4.78 is 19.1. The van der Waals surface area contributed by atoms with Crippen LogP contribution in [0.3, 0.4) is 0 Å². The number of anilines is 2. The number of halogens is 1. The first-order valence-electron chi connectivity index (χ1n) is 7.56. The van der Waals surface area contributed by atoms with Crippen LogP contribution in [0.2, 0.25) is 0 Å². The molecule has 0 amide bonds. The molecule has 4 nitrogen and oxygen atoms in total. The third kappa shape index (κ3) is 2.08. The van der Waals surface area contributed by atoms with Crippen LogP contribution in [0, 0.1) is 5.82 Å². The van der Waals surface area contributed by atoms with E-state index in [4.69, 9.17) is 10.5 Å². The standard InChI is InChI=1S/C17H18FN3O/c18-12-1-2-14-15(9-12)22-11-17(14)4-7-21(8-5-17)16-10-13(19)3-6-20-16/h1-3,6,9-10H,4-5,7-8,11H2,(H2,19,20). The van der Waals surface area contributed by atoms with Crippen LogP contribution >= 0.6 is 0 Å². The second-order valence-electron chi connectivity index (χ2n) is 6.14. The first kappa shape index (κ1) is 13.4. The summed E-state index contributed by atoms with van der Waals surface area (Å²) in [6.45, 7) is 2.44. The van der Waals surface area contributed by atoms with Gasteiger partial charge in [-0.2, -0.15) is 0 Å². The Hall–Kier alpha value is -2.30. The molecule has 1 spiro atoms. The van der Waals surface area contributed by atoms with E-state index in [0.29, 0.717) is 12.4 Å². The van der Waals surface area contributed by atoms with Crippen LogP contribution in [0.1, 0.15) is 18.4 Å². The number of nitrogens with zero attached hydrogens (tertiary/aromatic N) is 2. The Morgan fingerprint density at radius 3 is 2.77 bits per heavy atom. The summed E-state index contributed by atoms with van der Waals surface area (Å²) in [6, 6.07) is 8.61. The molecule has 22 heavy (non-hydrogen) atoms. The highest BCUT2D eigenvalue weighted by Gasteiger charge is 2.43. The van der Waals surface area contributed by atoms with Crippen molar-refractivity contribution in [1.82, 2.24) is 4.98 Å². The van der Waals surface area contributed by atoms with Crippen LogP contribution in [0.15, 0.2) is 36.5 Å². The Balaban J connectivity index is 1.56. The third-order valence-electron chi connectivity index (χ3n) is 4.83. The zero-order valence-corrected chi connectivity index (χ0v) is 12.3. The number of ether oxygens (including phenoxy) is 1. The lowest BCUT2D eigenvalue weighted by atomic mass is 9.74. The van der Waals surface area contributed by atoms with Gasteiger partial charge in [0, 0.05) is 48.1 Å². The van der Waals surface area contributed by atoms with E-state index in [0.717, 1.165) is 43.0 Å². The lowest BCUT2D eigenvalue weighted by Gasteiger charge is -2.39. The fourth-order valence-corrected chi connectivity index (χ4v) is 3.53. The van der Waals surface area contributed by atoms with Crippen LogP contribution in [-0.2, 0) is 5.41 Å². The molecular formula is C17H18FN3O. The molecule has 1 aromatic heterocycles. The lowest BCUT2D eigenvalue weighted by Crippen LogP contribution is -2.44. The number of hydrogen-bond acceptors (Lipinski definition) is 4. The number of piperidine rings is 1. The Bertz CT molecular complexity index is 711. The largest absolute Gasteiger partial charge is 0.492 e. The topological polar surface area (TPSA) is 51.4 Å². The van der Waals surface area contributed by atoms with E-state index in [-0.39, 0.29) is 11.2 Å². The van der Waals surface area contributed by atoms with Gasteiger partial charge in [-0.15, -0.1) is 0 Å². The summed E-state index contributed by atoms with van der Waals surface area (Å²) in [4.78, 5) is 6.65. The van der Waals surface area contributed by atoms with Crippen LogP contribution in [-0.4, -0.2) is 24.7 Å². The van der Waals surface area contributed by atoms with Gasteiger partial charge in [-0.05, 0) is 25.0 Å². The molecule has 0 radical (unpaired) electrons. The average Bonchev–Trinajstić information content (AvgIpc) is 2.86. The van der Waals surface area contributed by atoms with Crippen LogP contribution in [0.4, 0.5) is 15.9 Å². The van der Waals surface area contributed by atoms with Crippen molar-refractivity contribution in [3.05, 3.63) is 47.9 Å². The molecule has 0 bridgehead atoms. The molecule has 2 aliphatic rings. The molecule has 2 aliphatic heterocycles. The van der Waals surface area contributed by atoms with Gasteiger partial charge in [0.15, 0.2) is 0 Å². The SMILES string of the molecule is Nc1ccnc(N2CCC3(CC2)COc2cc(F)ccc23)c1. The predicted octanol–water partition coefficient (Wildman–Crippen LogP) is 2.73. The van der Waals surface area contributed by atoms with Crippen molar-refractivity contribution in [2.24, 2.45) is 0 Å². The van der Waals surface area contributed by atoms with E-state index in [9.17, 15) is 4.39 Å². The predicted molar refractivity (Wildman–Crippen MR) is 83.7 cm³/mol. The van der Waals surface area contributed by atoms with Crippen LogP contribution in [0.25, 0.3) is 0 Å². The number of rotatable bonds is 1.